The Hall–Kier alpha value is -3.98. The number of nitrogens with two attached hydrogens (primary N) is 1. The Kier molecular flexibility index (Phi) is 8.26. The molecule has 1 aliphatic rings. The Morgan fingerprint density at radius 1 is 1.24 bits per heavy atom. The Balaban J connectivity index is 1.64. The highest BCUT2D eigenvalue weighted by molar-refractivity contribution is 5.85. The number of likely N-dealkylation sites (tertiary alicyclic amines) is 1. The van der Waals surface area contributed by atoms with Gasteiger partial charge in [-0.1, -0.05) is 36.4 Å². The van der Waals surface area contributed by atoms with Crippen LogP contribution in [-0.2, 0) is 27.5 Å². The summed E-state index contributed by atoms with van der Waals surface area (Å²) in [6, 6.07) is 16.2. The van der Waals surface area contributed by atoms with E-state index in [-0.39, 0.29) is 25.5 Å². The molecule has 0 spiro atoms. The zero-order valence-electron chi connectivity index (χ0n) is 21.5. The molecule has 2 atom stereocenters. The number of rotatable bonds is 9. The van der Waals surface area contributed by atoms with Crippen molar-refractivity contribution < 1.29 is 24.2 Å². The van der Waals surface area contributed by atoms with Gasteiger partial charge in [0.2, 0.25) is 5.91 Å². The van der Waals surface area contributed by atoms with E-state index in [2.05, 4.69) is 16.4 Å². The molecule has 0 aliphatic carbocycles. The van der Waals surface area contributed by atoms with Crippen molar-refractivity contribution >= 4 is 17.5 Å². The molecular formula is C27H32N6O5. The lowest BCUT2D eigenvalue weighted by molar-refractivity contribution is -0.126. The van der Waals surface area contributed by atoms with Crippen molar-refractivity contribution in [1.82, 2.24) is 19.6 Å². The van der Waals surface area contributed by atoms with Crippen LogP contribution in [0.3, 0.4) is 0 Å². The number of nitrogens with zero attached hydrogens (tertiary/aromatic N) is 4. The number of carbonyl (C=O) groups is 2. The van der Waals surface area contributed by atoms with Crippen molar-refractivity contribution in [2.45, 2.75) is 51.2 Å². The number of hydrogen-bond acceptors (Lipinski definition) is 8. The molecule has 1 aromatic carbocycles. The van der Waals surface area contributed by atoms with Crippen LogP contribution < -0.4 is 11.1 Å². The average Bonchev–Trinajstić information content (AvgIpc) is 3.50. The van der Waals surface area contributed by atoms with Gasteiger partial charge >= 0.3 is 6.09 Å². The summed E-state index contributed by atoms with van der Waals surface area (Å²) in [6.07, 6.45) is -0.595. The Bertz CT molecular complexity index is 1330. The molecule has 3 heterocycles. The first-order valence-electron chi connectivity index (χ1n) is 12.4. The van der Waals surface area contributed by atoms with Crippen molar-refractivity contribution in [2.24, 2.45) is 5.73 Å². The number of aliphatic hydroxyl groups is 1. The van der Waals surface area contributed by atoms with Crippen molar-refractivity contribution in [3.63, 3.8) is 0 Å². The third-order valence-electron chi connectivity index (χ3n) is 6.24. The van der Waals surface area contributed by atoms with Crippen molar-refractivity contribution in [3.05, 3.63) is 71.3 Å². The van der Waals surface area contributed by atoms with Crippen LogP contribution in [0.2, 0.25) is 0 Å². The van der Waals surface area contributed by atoms with Gasteiger partial charge in [-0.25, -0.2) is 9.78 Å². The molecule has 4 N–H and O–H groups in total. The normalized spacial score (nSPS) is 16.3. The van der Waals surface area contributed by atoms with E-state index in [1.54, 1.807) is 36.4 Å². The summed E-state index contributed by atoms with van der Waals surface area (Å²) >= 11 is 0. The van der Waals surface area contributed by atoms with Crippen LogP contribution >= 0.6 is 0 Å². The van der Waals surface area contributed by atoms with Gasteiger partial charge in [0.1, 0.15) is 24.5 Å². The maximum absolute atomic E-state index is 12.9. The number of aromatic nitrogens is 2. The lowest BCUT2D eigenvalue weighted by Crippen LogP contribution is -2.51. The number of carbonyl (C=O) groups excluding carboxylic acids is 2. The Morgan fingerprint density at radius 2 is 2.00 bits per heavy atom. The van der Waals surface area contributed by atoms with E-state index in [4.69, 9.17) is 15.2 Å². The van der Waals surface area contributed by atoms with E-state index < -0.39 is 29.7 Å². The summed E-state index contributed by atoms with van der Waals surface area (Å²) in [5.74, 6) is -0.0666. The van der Waals surface area contributed by atoms with Crippen molar-refractivity contribution in [2.75, 3.05) is 19.7 Å². The van der Waals surface area contributed by atoms with Crippen molar-refractivity contribution in [1.29, 1.82) is 5.26 Å². The summed E-state index contributed by atoms with van der Waals surface area (Å²) in [4.78, 5) is 31.4. The largest absolute Gasteiger partial charge is 0.443 e. The van der Waals surface area contributed by atoms with Gasteiger partial charge in [0.05, 0.1) is 36.1 Å². The molecule has 2 amide bonds. The van der Waals surface area contributed by atoms with Crippen LogP contribution in [0.4, 0.5) is 4.79 Å². The minimum absolute atomic E-state index is 0.0560. The molecule has 1 saturated heterocycles. The van der Waals surface area contributed by atoms with Crippen LogP contribution in [-0.4, -0.2) is 62.7 Å². The maximum Gasteiger partial charge on any atom is 0.410 e. The zero-order chi connectivity index (χ0) is 27.3. The van der Waals surface area contributed by atoms with Gasteiger partial charge in [-0.2, -0.15) is 5.26 Å². The Morgan fingerprint density at radius 3 is 2.66 bits per heavy atom. The van der Waals surface area contributed by atoms with Gasteiger partial charge in [0.25, 0.3) is 0 Å². The van der Waals surface area contributed by atoms with Gasteiger partial charge in [-0.05, 0) is 38.0 Å². The smallest absolute Gasteiger partial charge is 0.410 e. The van der Waals surface area contributed by atoms with Crippen LogP contribution in [0.15, 0.2) is 48.5 Å². The molecule has 1 unspecified atom stereocenters. The standard InChI is InChI=1S/C27H32N6O5/c1-27(2,29)25(35)31-22(17-37-15-18-7-4-3-5-8-18)24-30-21(13-28)23-10-6-9-19(33(23)24)16-38-26(36)32-12-11-20(34)14-32/h3-10,20,22,34H,11-12,14-17,29H2,1-2H3,(H,31,35)/t20-,22?/m1/s1. The predicted molar refractivity (Wildman–Crippen MR) is 138 cm³/mol. The highest BCUT2D eigenvalue weighted by Crippen LogP contribution is 2.23. The van der Waals surface area contributed by atoms with Gasteiger partial charge < -0.3 is 30.5 Å². The monoisotopic (exact) mass is 520 g/mol. The fraction of sp³-hybridized carbons (Fsp3) is 0.407. The number of fused-ring (bicyclic) bond motifs is 1. The van der Waals surface area contributed by atoms with E-state index in [1.807, 2.05) is 30.3 Å². The van der Waals surface area contributed by atoms with E-state index in [0.717, 1.165) is 5.56 Å². The number of aliphatic hydroxyl groups excluding tert-OH is 1. The molecular weight excluding hydrogens is 488 g/mol. The summed E-state index contributed by atoms with van der Waals surface area (Å²) in [6.45, 7) is 4.08. The highest BCUT2D eigenvalue weighted by Gasteiger charge is 2.30. The lowest BCUT2D eigenvalue weighted by atomic mass is 10.1. The number of β-amino-alcohol motifs (C(OH)–C–C–N with tert-alkyl or cyclic N) is 1. The number of benzene rings is 1. The zero-order valence-corrected chi connectivity index (χ0v) is 21.5. The molecule has 0 saturated carbocycles. The second-order valence-electron chi connectivity index (χ2n) is 9.86. The average molecular weight is 521 g/mol. The summed E-state index contributed by atoms with van der Waals surface area (Å²) in [7, 11) is 0. The Labute approximate surface area is 220 Å². The number of amides is 2. The summed E-state index contributed by atoms with van der Waals surface area (Å²) in [5, 5.41) is 22.4. The molecule has 38 heavy (non-hydrogen) atoms. The number of ether oxygens (including phenoxy) is 2. The first-order chi connectivity index (χ1) is 18.2. The molecule has 4 rings (SSSR count). The fourth-order valence-electron chi connectivity index (χ4n) is 4.19. The first-order valence-corrected chi connectivity index (χ1v) is 12.4. The van der Waals surface area contributed by atoms with Crippen LogP contribution in [0.5, 0.6) is 0 Å². The third-order valence-corrected chi connectivity index (χ3v) is 6.24. The molecule has 1 fully saturated rings. The molecule has 11 heteroatoms. The number of hydrogen-bond donors (Lipinski definition) is 3. The topological polar surface area (TPSA) is 155 Å². The van der Waals surface area contributed by atoms with Gasteiger partial charge in [-0.3, -0.25) is 9.20 Å². The molecule has 11 nitrogen and oxygen atoms in total. The second-order valence-corrected chi connectivity index (χ2v) is 9.86. The number of nitriles is 1. The van der Waals surface area contributed by atoms with Gasteiger partial charge in [0, 0.05) is 13.1 Å². The highest BCUT2D eigenvalue weighted by atomic mass is 16.6. The van der Waals surface area contributed by atoms with Crippen LogP contribution in [0.1, 0.15) is 49.1 Å². The van der Waals surface area contributed by atoms with Gasteiger partial charge in [0.15, 0.2) is 5.69 Å². The second kappa shape index (κ2) is 11.6. The molecule has 3 aromatic rings. The maximum atomic E-state index is 12.9. The summed E-state index contributed by atoms with van der Waals surface area (Å²) in [5.41, 5.74) is 7.04. The summed E-state index contributed by atoms with van der Waals surface area (Å²) < 4.78 is 13.2. The number of nitrogens with one attached hydrogen (secondary N) is 1. The third kappa shape index (κ3) is 6.28. The lowest BCUT2D eigenvalue weighted by Gasteiger charge is -2.24. The van der Waals surface area contributed by atoms with E-state index >= 15 is 0 Å². The molecule has 0 radical (unpaired) electrons. The van der Waals surface area contributed by atoms with E-state index in [0.29, 0.717) is 36.6 Å². The number of imidazole rings is 1. The van der Waals surface area contributed by atoms with Crippen molar-refractivity contribution in [3.8, 4) is 6.07 Å². The molecule has 2 aromatic heterocycles. The first kappa shape index (κ1) is 27.1. The predicted octanol–water partition coefficient (Wildman–Crippen LogP) is 2.02. The molecule has 200 valence electrons. The van der Waals surface area contributed by atoms with Crippen LogP contribution in [0.25, 0.3) is 5.52 Å². The van der Waals surface area contributed by atoms with E-state index in [1.165, 1.54) is 4.90 Å². The van der Waals surface area contributed by atoms with E-state index in [9.17, 15) is 20.0 Å². The van der Waals surface area contributed by atoms with Gasteiger partial charge in [-0.15, -0.1) is 0 Å². The number of pyridine rings is 1. The SMILES string of the molecule is CC(C)(N)C(=O)NC(COCc1ccccc1)c1nc(C#N)c2cccc(COC(=O)N3CC[C@@H](O)C3)n12. The quantitative estimate of drug-likeness (QED) is 0.387. The minimum Gasteiger partial charge on any atom is -0.443 e. The fourth-order valence-corrected chi connectivity index (χ4v) is 4.19. The minimum atomic E-state index is -1.17. The molecule has 0 bridgehead atoms. The molecule has 1 aliphatic heterocycles. The van der Waals surface area contributed by atoms with Crippen LogP contribution in [0, 0.1) is 11.3 Å².